The van der Waals surface area contributed by atoms with E-state index < -0.39 is 0 Å². The van der Waals surface area contributed by atoms with Crippen molar-refractivity contribution in [2.24, 2.45) is 0 Å². The lowest BCUT2D eigenvalue weighted by Crippen LogP contribution is -2.35. The van der Waals surface area contributed by atoms with Crippen molar-refractivity contribution >= 4 is 34.1 Å². The molecule has 1 fully saturated rings. The lowest BCUT2D eigenvalue weighted by atomic mass is 9.89. The highest BCUT2D eigenvalue weighted by Gasteiger charge is 2.36. The molecule has 2 atom stereocenters. The third kappa shape index (κ3) is 3.31. The van der Waals surface area contributed by atoms with Crippen LogP contribution in [0.3, 0.4) is 0 Å². The molecule has 1 aliphatic rings. The molecule has 0 aliphatic carbocycles. The molecular formula is C22H23N3O3S. The Morgan fingerprint density at radius 2 is 1.90 bits per heavy atom. The number of carbonyl (C=O) groups is 1. The number of thiocarbonyl (C=S) groups is 1. The molecule has 0 spiro atoms. The fourth-order valence-corrected chi connectivity index (χ4v) is 4.29. The molecule has 7 heteroatoms. The van der Waals surface area contributed by atoms with Gasteiger partial charge in [0.25, 0.3) is 5.91 Å². The summed E-state index contributed by atoms with van der Waals surface area (Å²) in [5.41, 5.74) is 3.05. The van der Waals surface area contributed by atoms with Gasteiger partial charge < -0.3 is 19.8 Å². The average Bonchev–Trinajstić information content (AvgIpc) is 3.26. The summed E-state index contributed by atoms with van der Waals surface area (Å²) in [5, 5.41) is 4.60. The van der Waals surface area contributed by atoms with E-state index >= 15 is 0 Å². The Morgan fingerprint density at radius 3 is 2.59 bits per heavy atom. The fourth-order valence-electron chi connectivity index (χ4n) is 3.95. The van der Waals surface area contributed by atoms with E-state index in [-0.39, 0.29) is 17.9 Å². The van der Waals surface area contributed by atoms with Crippen molar-refractivity contribution in [2.75, 3.05) is 20.8 Å². The summed E-state index contributed by atoms with van der Waals surface area (Å²) in [6.07, 6.45) is 1.99. The van der Waals surface area contributed by atoms with Gasteiger partial charge in [-0.1, -0.05) is 30.3 Å². The van der Waals surface area contributed by atoms with Gasteiger partial charge in [-0.15, -0.1) is 0 Å². The number of ether oxygens (including phenoxy) is 2. The number of nitrogens with zero attached hydrogens (tertiary/aromatic N) is 1. The number of amides is 1. The minimum atomic E-state index is -0.321. The molecule has 0 saturated carbocycles. The summed E-state index contributed by atoms with van der Waals surface area (Å²) in [6, 6.07) is 13.6. The number of hydrogen-bond donors (Lipinski definition) is 2. The Bertz CT molecular complexity index is 1080. The maximum atomic E-state index is 12.7. The van der Waals surface area contributed by atoms with Gasteiger partial charge in [0.2, 0.25) is 0 Å². The van der Waals surface area contributed by atoms with E-state index in [4.69, 9.17) is 21.7 Å². The topological polar surface area (TPSA) is 66.6 Å². The van der Waals surface area contributed by atoms with Crippen LogP contribution in [0.1, 0.15) is 24.0 Å². The minimum Gasteiger partial charge on any atom is -0.493 e. The van der Waals surface area contributed by atoms with Crippen LogP contribution in [0, 0.1) is 0 Å². The number of benzene rings is 2. The summed E-state index contributed by atoms with van der Waals surface area (Å²) in [6.45, 7) is 2.22. The number of methoxy groups -OCH3 is 2. The number of nitrogens with one attached hydrogen (secondary N) is 2. The lowest BCUT2D eigenvalue weighted by molar-refractivity contribution is -0.126. The van der Waals surface area contributed by atoms with Gasteiger partial charge in [-0.05, 0) is 36.8 Å². The molecular weight excluding hydrogens is 386 g/mol. The van der Waals surface area contributed by atoms with Crippen LogP contribution in [0.2, 0.25) is 0 Å². The van der Waals surface area contributed by atoms with Crippen molar-refractivity contribution in [3.63, 3.8) is 0 Å². The zero-order valence-electron chi connectivity index (χ0n) is 16.6. The molecule has 4 rings (SSSR count). The molecule has 0 bridgehead atoms. The Kier molecular flexibility index (Phi) is 5.15. The highest BCUT2D eigenvalue weighted by Crippen LogP contribution is 2.41. The Hall–Kier alpha value is -3.06. The molecule has 0 unspecified atom stereocenters. The molecule has 0 radical (unpaired) electrons. The van der Waals surface area contributed by atoms with Gasteiger partial charge >= 0.3 is 0 Å². The Morgan fingerprint density at radius 1 is 1.10 bits per heavy atom. The maximum Gasteiger partial charge on any atom is 0.251 e. The predicted molar refractivity (Wildman–Crippen MR) is 117 cm³/mol. The van der Waals surface area contributed by atoms with E-state index in [2.05, 4.69) is 16.4 Å². The van der Waals surface area contributed by atoms with Crippen molar-refractivity contribution in [1.82, 2.24) is 15.2 Å². The molecule has 6 nitrogen and oxygen atoms in total. The number of hydrogen-bond acceptors (Lipinski definition) is 4. The van der Waals surface area contributed by atoms with Gasteiger partial charge in [-0.3, -0.25) is 9.69 Å². The van der Waals surface area contributed by atoms with E-state index in [0.717, 1.165) is 22.0 Å². The van der Waals surface area contributed by atoms with Crippen LogP contribution in [-0.2, 0) is 4.79 Å². The number of aromatic nitrogens is 1. The van der Waals surface area contributed by atoms with Gasteiger partial charge in [0.1, 0.15) is 6.04 Å². The first-order valence-corrected chi connectivity index (χ1v) is 9.84. The maximum absolute atomic E-state index is 12.7. The Balaban J connectivity index is 1.87. The Labute approximate surface area is 174 Å². The number of aromatic amines is 1. The second-order valence-electron chi connectivity index (χ2n) is 7.04. The largest absolute Gasteiger partial charge is 0.493 e. The van der Waals surface area contributed by atoms with Crippen LogP contribution >= 0.6 is 12.2 Å². The van der Waals surface area contributed by atoms with Gasteiger partial charge in [-0.25, -0.2) is 0 Å². The second-order valence-corrected chi connectivity index (χ2v) is 7.43. The first kappa shape index (κ1) is 19.3. The normalized spacial score (nSPS) is 17.5. The van der Waals surface area contributed by atoms with E-state index in [1.807, 2.05) is 49.5 Å². The monoisotopic (exact) mass is 409 g/mol. The van der Waals surface area contributed by atoms with Crippen LogP contribution in [0.4, 0.5) is 0 Å². The predicted octanol–water partition coefficient (Wildman–Crippen LogP) is 3.42. The standard InChI is InChI=1S/C22H23N3O3S/c1-13-21(26)25(22(29)24-13)12-17(15-8-6-10-19(27-2)20(15)28-3)16-11-23-18-9-5-4-7-14(16)18/h4-11,13,17,23H,12H2,1-3H3,(H,24,29)/t13-,17-/m1/s1. The lowest BCUT2D eigenvalue weighted by Gasteiger charge is -2.25. The zero-order valence-corrected chi connectivity index (χ0v) is 17.4. The first-order valence-electron chi connectivity index (χ1n) is 9.44. The second kappa shape index (κ2) is 7.75. The molecule has 29 heavy (non-hydrogen) atoms. The van der Waals surface area contributed by atoms with Crippen LogP contribution in [0.15, 0.2) is 48.7 Å². The fraction of sp³-hybridized carbons (Fsp3) is 0.273. The highest BCUT2D eigenvalue weighted by molar-refractivity contribution is 7.80. The van der Waals surface area contributed by atoms with E-state index in [0.29, 0.717) is 23.2 Å². The summed E-state index contributed by atoms with van der Waals surface area (Å²) in [4.78, 5) is 17.7. The molecule has 3 aromatic rings. The van der Waals surface area contributed by atoms with Crippen molar-refractivity contribution in [3.05, 3.63) is 59.8 Å². The number of fused-ring (bicyclic) bond motifs is 1. The van der Waals surface area contributed by atoms with Crippen molar-refractivity contribution in [3.8, 4) is 11.5 Å². The summed E-state index contributed by atoms with van der Waals surface area (Å²) >= 11 is 5.43. The van der Waals surface area contributed by atoms with Crippen LogP contribution in [0.25, 0.3) is 10.9 Å². The van der Waals surface area contributed by atoms with Crippen molar-refractivity contribution in [1.29, 1.82) is 0 Å². The third-order valence-electron chi connectivity index (χ3n) is 5.39. The van der Waals surface area contributed by atoms with Crippen LogP contribution in [-0.4, -0.2) is 47.7 Å². The number of rotatable bonds is 6. The van der Waals surface area contributed by atoms with Crippen molar-refractivity contribution < 1.29 is 14.3 Å². The SMILES string of the molecule is COc1cccc([C@@H](CN2C(=O)[C@@H](C)NC2=S)c2c[nH]c3ccccc23)c1OC. The molecule has 2 heterocycles. The zero-order chi connectivity index (χ0) is 20.5. The highest BCUT2D eigenvalue weighted by atomic mass is 32.1. The molecule has 2 N–H and O–H groups in total. The van der Waals surface area contributed by atoms with Gasteiger partial charge in [0.05, 0.1) is 14.2 Å². The minimum absolute atomic E-state index is 0.0262. The number of H-pyrrole nitrogens is 1. The third-order valence-corrected chi connectivity index (χ3v) is 5.73. The van der Waals surface area contributed by atoms with E-state index in [9.17, 15) is 4.79 Å². The van der Waals surface area contributed by atoms with Crippen LogP contribution < -0.4 is 14.8 Å². The molecule has 1 aliphatic heterocycles. The molecule has 1 amide bonds. The summed E-state index contributed by atoms with van der Waals surface area (Å²) in [5.74, 6) is 1.12. The van der Waals surface area contributed by atoms with Gasteiger partial charge in [-0.2, -0.15) is 0 Å². The number of para-hydroxylation sites is 2. The smallest absolute Gasteiger partial charge is 0.251 e. The molecule has 1 saturated heterocycles. The summed E-state index contributed by atoms with van der Waals surface area (Å²) in [7, 11) is 3.25. The first-order chi connectivity index (χ1) is 14.0. The number of carbonyl (C=O) groups excluding carboxylic acids is 1. The van der Waals surface area contributed by atoms with E-state index in [1.54, 1.807) is 19.1 Å². The average molecular weight is 410 g/mol. The summed E-state index contributed by atoms with van der Waals surface area (Å²) < 4.78 is 11.2. The quantitative estimate of drug-likeness (QED) is 0.611. The van der Waals surface area contributed by atoms with Crippen molar-refractivity contribution in [2.45, 2.75) is 18.9 Å². The van der Waals surface area contributed by atoms with Crippen LogP contribution in [0.5, 0.6) is 11.5 Å². The molecule has 1 aromatic heterocycles. The van der Waals surface area contributed by atoms with Gasteiger partial charge in [0.15, 0.2) is 16.6 Å². The van der Waals surface area contributed by atoms with E-state index in [1.165, 1.54) is 0 Å². The van der Waals surface area contributed by atoms with Gasteiger partial charge in [0, 0.05) is 35.1 Å². The molecule has 2 aromatic carbocycles. The molecule has 150 valence electrons.